The second-order valence-corrected chi connectivity index (χ2v) is 4.96. The highest BCUT2D eigenvalue weighted by Gasteiger charge is 1.99. The molecule has 0 atom stereocenters. The molecule has 20 heavy (non-hydrogen) atoms. The lowest BCUT2D eigenvalue weighted by Gasteiger charge is -2.07. The highest BCUT2D eigenvalue weighted by Crippen LogP contribution is 2.12. The van der Waals surface area contributed by atoms with Gasteiger partial charge in [0.15, 0.2) is 0 Å². The Labute approximate surface area is 124 Å². The van der Waals surface area contributed by atoms with E-state index in [1.54, 1.807) is 0 Å². The highest BCUT2D eigenvalue weighted by atomic mass is 35.5. The molecule has 0 bridgehead atoms. The van der Waals surface area contributed by atoms with Gasteiger partial charge >= 0.3 is 0 Å². The van der Waals surface area contributed by atoms with Gasteiger partial charge in [0, 0.05) is 11.6 Å². The maximum atomic E-state index is 5.94. The summed E-state index contributed by atoms with van der Waals surface area (Å²) < 4.78 is 5.68. The zero-order chi connectivity index (χ0) is 14.2. The number of benzene rings is 1. The summed E-state index contributed by atoms with van der Waals surface area (Å²) in [6.07, 6.45) is 0. The number of nitrogens with zero attached hydrogens (tertiary/aromatic N) is 1. The predicted molar refractivity (Wildman–Crippen MR) is 81.6 cm³/mol. The Balaban J connectivity index is 1.84. The summed E-state index contributed by atoms with van der Waals surface area (Å²) in [7, 11) is 0. The Bertz CT molecular complexity index is 546. The van der Waals surface area contributed by atoms with E-state index in [2.05, 4.69) is 17.2 Å². The third kappa shape index (κ3) is 4.93. The van der Waals surface area contributed by atoms with E-state index in [9.17, 15) is 0 Å². The van der Waals surface area contributed by atoms with Crippen molar-refractivity contribution in [3.63, 3.8) is 0 Å². The molecule has 0 unspecified atom stereocenters. The zero-order valence-corrected chi connectivity index (χ0v) is 12.4. The van der Waals surface area contributed by atoms with Crippen LogP contribution < -0.4 is 5.32 Å². The molecule has 0 saturated heterocycles. The summed E-state index contributed by atoms with van der Waals surface area (Å²) in [5, 5.41) is 4.00. The van der Waals surface area contributed by atoms with Crippen LogP contribution in [-0.4, -0.2) is 11.5 Å². The first-order valence-electron chi connectivity index (χ1n) is 6.75. The van der Waals surface area contributed by atoms with E-state index in [0.29, 0.717) is 13.2 Å². The number of ether oxygens (including phenoxy) is 1. The molecule has 2 rings (SSSR count). The summed E-state index contributed by atoms with van der Waals surface area (Å²) in [6.45, 7) is 4.86. The number of rotatable bonds is 7. The molecule has 0 amide bonds. The Morgan fingerprint density at radius 3 is 2.70 bits per heavy atom. The lowest BCUT2D eigenvalue weighted by atomic mass is 10.2. The topological polar surface area (TPSA) is 34.1 Å². The maximum Gasteiger partial charge on any atom is 0.0892 e. The Morgan fingerprint density at radius 2 is 1.90 bits per heavy atom. The average Bonchev–Trinajstić information content (AvgIpc) is 2.46. The number of halogens is 1. The average molecular weight is 291 g/mol. The molecule has 4 heteroatoms. The normalized spacial score (nSPS) is 10.7. The van der Waals surface area contributed by atoms with Crippen molar-refractivity contribution in [1.82, 2.24) is 10.3 Å². The molecule has 1 aromatic heterocycles. The smallest absolute Gasteiger partial charge is 0.0892 e. The van der Waals surface area contributed by atoms with E-state index in [4.69, 9.17) is 16.3 Å². The van der Waals surface area contributed by atoms with Gasteiger partial charge in [0.25, 0.3) is 0 Å². The van der Waals surface area contributed by atoms with Gasteiger partial charge in [-0.2, -0.15) is 0 Å². The molecule has 0 fully saturated rings. The Morgan fingerprint density at radius 1 is 1.10 bits per heavy atom. The molecule has 0 spiro atoms. The molecule has 3 nitrogen and oxygen atoms in total. The van der Waals surface area contributed by atoms with Crippen LogP contribution in [-0.2, 0) is 24.5 Å². The second kappa shape index (κ2) is 8.00. The first-order valence-corrected chi connectivity index (χ1v) is 7.13. The molecule has 2 aromatic rings. The van der Waals surface area contributed by atoms with E-state index in [0.717, 1.165) is 35.1 Å². The Hall–Kier alpha value is -1.42. The van der Waals surface area contributed by atoms with Crippen LogP contribution in [0.3, 0.4) is 0 Å². The van der Waals surface area contributed by atoms with Crippen molar-refractivity contribution in [2.24, 2.45) is 0 Å². The maximum absolute atomic E-state index is 5.94. The van der Waals surface area contributed by atoms with Gasteiger partial charge in [-0.25, -0.2) is 0 Å². The van der Waals surface area contributed by atoms with Crippen LogP contribution in [0.1, 0.15) is 23.9 Å². The molecule has 0 aliphatic rings. The summed E-state index contributed by atoms with van der Waals surface area (Å²) in [5.74, 6) is 0. The molecule has 1 aromatic carbocycles. The van der Waals surface area contributed by atoms with Gasteiger partial charge < -0.3 is 10.1 Å². The van der Waals surface area contributed by atoms with Crippen molar-refractivity contribution in [3.05, 3.63) is 64.4 Å². The minimum absolute atomic E-state index is 0.506. The summed E-state index contributed by atoms with van der Waals surface area (Å²) in [6, 6.07) is 13.7. The second-order valence-electron chi connectivity index (χ2n) is 4.52. The number of hydrogen-bond acceptors (Lipinski definition) is 3. The highest BCUT2D eigenvalue weighted by molar-refractivity contribution is 6.30. The summed E-state index contributed by atoms with van der Waals surface area (Å²) in [5.41, 5.74) is 3.06. The summed E-state index contributed by atoms with van der Waals surface area (Å²) in [4.78, 5) is 4.55. The molecule has 1 N–H and O–H groups in total. The molecule has 0 aliphatic carbocycles. The fourth-order valence-electron chi connectivity index (χ4n) is 1.86. The van der Waals surface area contributed by atoms with E-state index in [1.807, 2.05) is 42.5 Å². The van der Waals surface area contributed by atoms with Gasteiger partial charge in [-0.3, -0.25) is 4.98 Å². The third-order valence-corrected chi connectivity index (χ3v) is 3.06. The van der Waals surface area contributed by atoms with Crippen molar-refractivity contribution in [2.45, 2.75) is 26.7 Å². The zero-order valence-electron chi connectivity index (χ0n) is 11.6. The fourth-order valence-corrected chi connectivity index (χ4v) is 2.07. The molecule has 106 valence electrons. The van der Waals surface area contributed by atoms with Gasteiger partial charge in [-0.1, -0.05) is 36.7 Å². The molecule has 0 saturated carbocycles. The number of aromatic nitrogens is 1. The number of hydrogen-bond donors (Lipinski definition) is 1. The first-order chi connectivity index (χ1) is 9.78. The first kappa shape index (κ1) is 15.0. The predicted octanol–water partition coefficient (Wildman–Crippen LogP) is 3.56. The van der Waals surface area contributed by atoms with Gasteiger partial charge in [0.1, 0.15) is 0 Å². The van der Waals surface area contributed by atoms with Crippen LogP contribution in [0.25, 0.3) is 0 Å². The van der Waals surface area contributed by atoms with Crippen LogP contribution in [0, 0.1) is 0 Å². The van der Waals surface area contributed by atoms with Gasteiger partial charge in [-0.05, 0) is 36.4 Å². The van der Waals surface area contributed by atoms with Crippen molar-refractivity contribution in [3.8, 4) is 0 Å². The molecular weight excluding hydrogens is 272 g/mol. The molecule has 0 aliphatic heterocycles. The van der Waals surface area contributed by atoms with Crippen LogP contribution in [0.5, 0.6) is 0 Å². The van der Waals surface area contributed by atoms with E-state index >= 15 is 0 Å². The SMILES string of the molecule is CCNCc1cccc(COCc2cccc(Cl)c2)n1. The monoisotopic (exact) mass is 290 g/mol. The van der Waals surface area contributed by atoms with E-state index in [1.165, 1.54) is 0 Å². The minimum atomic E-state index is 0.506. The van der Waals surface area contributed by atoms with Crippen LogP contribution in [0.15, 0.2) is 42.5 Å². The van der Waals surface area contributed by atoms with Crippen LogP contribution in [0.2, 0.25) is 5.02 Å². The van der Waals surface area contributed by atoms with E-state index < -0.39 is 0 Å². The standard InChI is InChI=1S/C16H19ClN2O/c1-2-18-10-15-7-4-8-16(19-15)12-20-11-13-5-3-6-14(17)9-13/h3-9,18H,2,10-12H2,1H3. The van der Waals surface area contributed by atoms with Crippen LogP contribution in [0.4, 0.5) is 0 Å². The molecule has 0 radical (unpaired) electrons. The summed E-state index contributed by atoms with van der Waals surface area (Å²) >= 11 is 5.94. The van der Waals surface area contributed by atoms with Gasteiger partial charge in [0.2, 0.25) is 0 Å². The van der Waals surface area contributed by atoms with Gasteiger partial charge in [-0.15, -0.1) is 0 Å². The van der Waals surface area contributed by atoms with E-state index in [-0.39, 0.29) is 0 Å². The Kier molecular flexibility index (Phi) is 5.99. The number of nitrogens with one attached hydrogen (secondary N) is 1. The third-order valence-electron chi connectivity index (χ3n) is 2.83. The lowest BCUT2D eigenvalue weighted by Crippen LogP contribution is -2.13. The lowest BCUT2D eigenvalue weighted by molar-refractivity contribution is 0.104. The molecular formula is C16H19ClN2O. The quantitative estimate of drug-likeness (QED) is 0.846. The molecule has 1 heterocycles. The minimum Gasteiger partial charge on any atom is -0.370 e. The van der Waals surface area contributed by atoms with Crippen LogP contribution >= 0.6 is 11.6 Å². The van der Waals surface area contributed by atoms with Crippen molar-refractivity contribution in [2.75, 3.05) is 6.54 Å². The fraction of sp³-hybridized carbons (Fsp3) is 0.312. The van der Waals surface area contributed by atoms with Crippen molar-refractivity contribution in [1.29, 1.82) is 0 Å². The largest absolute Gasteiger partial charge is 0.370 e. The number of pyridine rings is 1. The van der Waals surface area contributed by atoms with Crippen molar-refractivity contribution >= 4 is 11.6 Å². The van der Waals surface area contributed by atoms with Gasteiger partial charge in [0.05, 0.1) is 24.6 Å². The van der Waals surface area contributed by atoms with Crippen molar-refractivity contribution < 1.29 is 4.74 Å².